The molecule has 128 valence electrons. The third-order valence-corrected chi connectivity index (χ3v) is 5.80. The first kappa shape index (κ1) is 19.0. The molecule has 0 atom stereocenters. The zero-order valence-electron chi connectivity index (χ0n) is 13.5. The Kier molecular flexibility index (Phi) is 7.33. The number of thioether (sulfide) groups is 1. The van der Waals surface area contributed by atoms with Crippen LogP contribution in [0.2, 0.25) is 0 Å². The molecule has 24 heavy (non-hydrogen) atoms. The molecule has 2 rings (SSSR count). The fraction of sp³-hybridized carbons (Fsp3) is 0.294. The number of hydrogen-bond donors (Lipinski definition) is 1. The molecule has 0 radical (unpaired) electrons. The predicted octanol–water partition coefficient (Wildman–Crippen LogP) is 4.15. The molecule has 0 aliphatic rings. The van der Waals surface area contributed by atoms with E-state index < -0.39 is 0 Å². The molecule has 1 N–H and O–H groups in total. The van der Waals surface area contributed by atoms with Gasteiger partial charge in [0.15, 0.2) is 0 Å². The van der Waals surface area contributed by atoms with Crippen LogP contribution in [0.15, 0.2) is 40.2 Å². The third-order valence-electron chi connectivity index (χ3n) is 3.20. The molecule has 0 saturated carbocycles. The van der Waals surface area contributed by atoms with Crippen molar-refractivity contribution in [2.45, 2.75) is 13.5 Å². The molecule has 0 saturated heterocycles. The predicted molar refractivity (Wildman–Crippen MR) is 106 cm³/mol. The van der Waals surface area contributed by atoms with E-state index in [2.05, 4.69) is 21.2 Å². The van der Waals surface area contributed by atoms with Crippen LogP contribution in [-0.4, -0.2) is 35.3 Å². The Morgan fingerprint density at radius 3 is 2.75 bits per heavy atom. The standard InChI is InChI=1S/C17H19BrN2O2S2/c1-12-4-3-5-14(6-12)19-16(21)10-23-11-17(22)20(2)8-15-7-13(18)9-24-15/h3-7,9H,8,10-11H2,1-2H3,(H,19,21). The molecular weight excluding hydrogens is 408 g/mol. The minimum atomic E-state index is -0.0942. The van der Waals surface area contributed by atoms with Gasteiger partial charge in [0.1, 0.15) is 0 Å². The summed E-state index contributed by atoms with van der Waals surface area (Å²) < 4.78 is 1.03. The van der Waals surface area contributed by atoms with Crippen LogP contribution in [0.4, 0.5) is 5.69 Å². The van der Waals surface area contributed by atoms with Gasteiger partial charge in [-0.25, -0.2) is 0 Å². The number of halogens is 1. The van der Waals surface area contributed by atoms with E-state index in [9.17, 15) is 9.59 Å². The summed E-state index contributed by atoms with van der Waals surface area (Å²) in [4.78, 5) is 26.8. The normalized spacial score (nSPS) is 10.5. The lowest BCUT2D eigenvalue weighted by Gasteiger charge is -2.15. The van der Waals surface area contributed by atoms with Gasteiger partial charge in [-0.2, -0.15) is 0 Å². The number of rotatable bonds is 7. The SMILES string of the molecule is Cc1cccc(NC(=O)CSCC(=O)N(C)Cc2cc(Br)cs2)c1. The Bertz CT molecular complexity index is 718. The van der Waals surface area contributed by atoms with Crippen molar-refractivity contribution in [2.75, 3.05) is 23.9 Å². The van der Waals surface area contributed by atoms with Crippen molar-refractivity contribution in [3.63, 3.8) is 0 Å². The number of carbonyl (C=O) groups excluding carboxylic acids is 2. The van der Waals surface area contributed by atoms with E-state index in [-0.39, 0.29) is 17.6 Å². The summed E-state index contributed by atoms with van der Waals surface area (Å²) in [5.74, 6) is 0.485. The van der Waals surface area contributed by atoms with Gasteiger partial charge in [-0.1, -0.05) is 12.1 Å². The van der Waals surface area contributed by atoms with E-state index >= 15 is 0 Å². The Hall–Kier alpha value is -1.31. The fourth-order valence-electron chi connectivity index (χ4n) is 2.02. The van der Waals surface area contributed by atoms with E-state index in [1.54, 1.807) is 23.3 Å². The lowest BCUT2D eigenvalue weighted by atomic mass is 10.2. The largest absolute Gasteiger partial charge is 0.340 e. The van der Waals surface area contributed by atoms with Crippen molar-refractivity contribution in [3.8, 4) is 0 Å². The van der Waals surface area contributed by atoms with Gasteiger partial charge in [-0.05, 0) is 46.6 Å². The maximum atomic E-state index is 12.1. The highest BCUT2D eigenvalue weighted by Gasteiger charge is 2.12. The summed E-state index contributed by atoms with van der Waals surface area (Å²) in [7, 11) is 1.78. The molecule has 0 fully saturated rings. The number of amides is 2. The summed E-state index contributed by atoms with van der Waals surface area (Å²) in [5.41, 5.74) is 1.88. The summed E-state index contributed by atoms with van der Waals surface area (Å²) in [6, 6.07) is 9.66. The van der Waals surface area contributed by atoms with Gasteiger partial charge in [0.25, 0.3) is 0 Å². The average Bonchev–Trinajstić information content (AvgIpc) is 2.92. The van der Waals surface area contributed by atoms with Crippen LogP contribution >= 0.6 is 39.0 Å². The lowest BCUT2D eigenvalue weighted by molar-refractivity contribution is -0.127. The van der Waals surface area contributed by atoms with Gasteiger partial charge in [0, 0.05) is 27.5 Å². The van der Waals surface area contributed by atoms with Crippen molar-refractivity contribution in [1.29, 1.82) is 0 Å². The van der Waals surface area contributed by atoms with Crippen molar-refractivity contribution in [3.05, 3.63) is 50.6 Å². The van der Waals surface area contributed by atoms with Crippen LogP contribution in [0.25, 0.3) is 0 Å². The van der Waals surface area contributed by atoms with Crippen LogP contribution in [0.5, 0.6) is 0 Å². The monoisotopic (exact) mass is 426 g/mol. The van der Waals surface area contributed by atoms with Crippen LogP contribution in [0, 0.1) is 6.92 Å². The van der Waals surface area contributed by atoms with Gasteiger partial charge < -0.3 is 10.2 Å². The second kappa shape index (κ2) is 9.25. The number of anilines is 1. The summed E-state index contributed by atoms with van der Waals surface area (Å²) in [6.45, 7) is 2.57. The summed E-state index contributed by atoms with van der Waals surface area (Å²) >= 11 is 6.35. The van der Waals surface area contributed by atoms with Crippen LogP contribution < -0.4 is 5.32 Å². The molecule has 2 amide bonds. The van der Waals surface area contributed by atoms with E-state index in [1.165, 1.54) is 11.8 Å². The highest BCUT2D eigenvalue weighted by atomic mass is 79.9. The first-order valence-corrected chi connectivity index (χ1v) is 10.2. The molecule has 1 aromatic carbocycles. The number of carbonyl (C=O) groups is 2. The molecule has 0 unspecified atom stereocenters. The van der Waals surface area contributed by atoms with Crippen LogP contribution in [-0.2, 0) is 16.1 Å². The summed E-state index contributed by atoms with van der Waals surface area (Å²) in [6.07, 6.45) is 0. The zero-order chi connectivity index (χ0) is 17.5. The van der Waals surface area contributed by atoms with E-state index in [1.807, 2.05) is 42.6 Å². The number of benzene rings is 1. The highest BCUT2D eigenvalue weighted by molar-refractivity contribution is 9.10. The van der Waals surface area contributed by atoms with Crippen molar-refractivity contribution >= 4 is 56.5 Å². The molecule has 0 aliphatic carbocycles. The first-order chi connectivity index (χ1) is 11.4. The highest BCUT2D eigenvalue weighted by Crippen LogP contribution is 2.21. The quantitative estimate of drug-likeness (QED) is 0.723. The number of nitrogens with zero attached hydrogens (tertiary/aromatic N) is 1. The van der Waals surface area contributed by atoms with Gasteiger partial charge in [0.2, 0.25) is 11.8 Å². The smallest absolute Gasteiger partial charge is 0.234 e. The first-order valence-electron chi connectivity index (χ1n) is 7.35. The van der Waals surface area contributed by atoms with E-state index in [0.717, 1.165) is 20.6 Å². The molecule has 1 aromatic heterocycles. The number of hydrogen-bond acceptors (Lipinski definition) is 4. The third kappa shape index (κ3) is 6.30. The molecule has 4 nitrogen and oxygen atoms in total. The number of aryl methyl sites for hydroxylation is 1. The minimum absolute atomic E-state index is 0.0212. The minimum Gasteiger partial charge on any atom is -0.340 e. The average molecular weight is 427 g/mol. The molecular formula is C17H19BrN2O2S2. The molecule has 0 spiro atoms. The lowest BCUT2D eigenvalue weighted by Crippen LogP contribution is -2.28. The van der Waals surface area contributed by atoms with E-state index in [4.69, 9.17) is 0 Å². The molecule has 0 bridgehead atoms. The van der Waals surface area contributed by atoms with Gasteiger partial charge in [-0.3, -0.25) is 9.59 Å². The Morgan fingerprint density at radius 2 is 2.08 bits per heavy atom. The van der Waals surface area contributed by atoms with Crippen LogP contribution in [0.1, 0.15) is 10.4 Å². The Balaban J connectivity index is 1.70. The maximum absolute atomic E-state index is 12.1. The second-order valence-corrected chi connectivity index (χ2v) is 8.29. The zero-order valence-corrected chi connectivity index (χ0v) is 16.8. The van der Waals surface area contributed by atoms with Crippen molar-refractivity contribution in [2.24, 2.45) is 0 Å². The van der Waals surface area contributed by atoms with Crippen molar-refractivity contribution < 1.29 is 9.59 Å². The topological polar surface area (TPSA) is 49.4 Å². The summed E-state index contributed by atoms with van der Waals surface area (Å²) in [5, 5.41) is 4.84. The molecule has 0 aliphatic heterocycles. The Labute approximate surface area is 158 Å². The second-order valence-electron chi connectivity index (χ2n) is 5.39. The number of nitrogens with one attached hydrogen (secondary N) is 1. The van der Waals surface area contributed by atoms with Crippen molar-refractivity contribution in [1.82, 2.24) is 4.90 Å². The van der Waals surface area contributed by atoms with Crippen LogP contribution in [0.3, 0.4) is 0 Å². The van der Waals surface area contributed by atoms with E-state index in [0.29, 0.717) is 12.3 Å². The van der Waals surface area contributed by atoms with Gasteiger partial charge in [-0.15, -0.1) is 23.1 Å². The number of thiophene rings is 1. The molecule has 2 aromatic rings. The molecule has 1 heterocycles. The van der Waals surface area contributed by atoms with Gasteiger partial charge >= 0.3 is 0 Å². The Morgan fingerprint density at radius 1 is 1.29 bits per heavy atom. The molecule has 7 heteroatoms. The fourth-order valence-corrected chi connectivity index (χ4v) is 4.28. The van der Waals surface area contributed by atoms with Gasteiger partial charge in [0.05, 0.1) is 18.1 Å². The maximum Gasteiger partial charge on any atom is 0.234 e.